The van der Waals surface area contributed by atoms with Gasteiger partial charge in [-0.1, -0.05) is 0 Å². The van der Waals surface area contributed by atoms with Crippen LogP contribution < -0.4 is 4.90 Å². The van der Waals surface area contributed by atoms with Gasteiger partial charge in [-0.15, -0.1) is 0 Å². The third kappa shape index (κ3) is 2.38. The molecule has 0 radical (unpaired) electrons. The van der Waals surface area contributed by atoms with E-state index in [0.717, 1.165) is 36.2 Å². The maximum atomic E-state index is 5.59. The number of piperidine rings is 1. The van der Waals surface area contributed by atoms with Gasteiger partial charge in [-0.2, -0.15) is 0 Å². The van der Waals surface area contributed by atoms with Crippen LogP contribution in [0.2, 0.25) is 0 Å². The second kappa shape index (κ2) is 4.72. The van der Waals surface area contributed by atoms with Crippen LogP contribution in [-0.2, 0) is 4.74 Å². The lowest BCUT2D eigenvalue weighted by Crippen LogP contribution is -2.47. The van der Waals surface area contributed by atoms with Crippen LogP contribution >= 0.6 is 15.9 Å². The standard InChI is InChI=1S/C12H17BrN2O/c1-12(16-2)6-4-8-15(9-12)11-10(13)5-3-7-14-11/h3,5,7H,4,6,8-9H2,1-2H3. The Kier molecular flexibility index (Phi) is 3.50. The van der Waals surface area contributed by atoms with Crippen molar-refractivity contribution in [1.29, 1.82) is 0 Å². The zero-order valence-corrected chi connectivity index (χ0v) is 11.3. The number of ether oxygens (including phenoxy) is 1. The highest BCUT2D eigenvalue weighted by atomic mass is 79.9. The van der Waals surface area contributed by atoms with Crippen LogP contribution in [-0.4, -0.2) is 30.8 Å². The van der Waals surface area contributed by atoms with Crippen molar-refractivity contribution in [1.82, 2.24) is 4.98 Å². The van der Waals surface area contributed by atoms with E-state index in [1.54, 1.807) is 7.11 Å². The maximum Gasteiger partial charge on any atom is 0.142 e. The van der Waals surface area contributed by atoms with E-state index >= 15 is 0 Å². The molecule has 0 aromatic carbocycles. The van der Waals surface area contributed by atoms with Crippen LogP contribution in [0.25, 0.3) is 0 Å². The largest absolute Gasteiger partial charge is 0.377 e. The molecule has 1 aromatic rings. The summed E-state index contributed by atoms with van der Waals surface area (Å²) in [6, 6.07) is 3.97. The number of rotatable bonds is 2. The van der Waals surface area contributed by atoms with Crippen LogP contribution in [0, 0.1) is 0 Å². The van der Waals surface area contributed by atoms with Gasteiger partial charge in [-0.05, 0) is 47.8 Å². The fourth-order valence-corrected chi connectivity index (χ4v) is 2.67. The zero-order chi connectivity index (χ0) is 11.6. The van der Waals surface area contributed by atoms with Gasteiger partial charge in [0.25, 0.3) is 0 Å². The SMILES string of the molecule is COC1(C)CCCN(c2ncccc2Br)C1. The number of halogens is 1. The first-order chi connectivity index (χ1) is 7.64. The van der Waals surface area contributed by atoms with E-state index in [4.69, 9.17) is 4.74 Å². The minimum atomic E-state index is -0.0464. The molecule has 0 saturated carbocycles. The van der Waals surface area contributed by atoms with E-state index in [-0.39, 0.29) is 5.60 Å². The Hall–Kier alpha value is -0.610. The fourth-order valence-electron chi connectivity index (χ4n) is 2.16. The average molecular weight is 285 g/mol. The molecule has 4 heteroatoms. The maximum absolute atomic E-state index is 5.59. The van der Waals surface area contributed by atoms with Crippen molar-refractivity contribution in [2.75, 3.05) is 25.1 Å². The van der Waals surface area contributed by atoms with Gasteiger partial charge in [0.1, 0.15) is 5.82 Å². The van der Waals surface area contributed by atoms with Crippen molar-refractivity contribution >= 4 is 21.7 Å². The molecule has 88 valence electrons. The summed E-state index contributed by atoms with van der Waals surface area (Å²) in [5.41, 5.74) is -0.0464. The second-order valence-corrected chi connectivity index (χ2v) is 5.34. The number of aromatic nitrogens is 1. The van der Waals surface area contributed by atoms with Gasteiger partial charge in [0, 0.05) is 26.4 Å². The van der Waals surface area contributed by atoms with Crippen LogP contribution in [0.4, 0.5) is 5.82 Å². The fraction of sp³-hybridized carbons (Fsp3) is 0.583. The average Bonchev–Trinajstić information content (AvgIpc) is 2.30. The van der Waals surface area contributed by atoms with Gasteiger partial charge in [-0.25, -0.2) is 4.98 Å². The Labute approximate surface area is 105 Å². The first-order valence-electron chi connectivity index (χ1n) is 5.55. The van der Waals surface area contributed by atoms with E-state index in [1.165, 1.54) is 0 Å². The van der Waals surface area contributed by atoms with Gasteiger partial charge in [0.2, 0.25) is 0 Å². The molecule has 2 heterocycles. The molecule has 1 fully saturated rings. The van der Waals surface area contributed by atoms with Crippen molar-refractivity contribution < 1.29 is 4.74 Å². The molecule has 1 saturated heterocycles. The predicted molar refractivity (Wildman–Crippen MR) is 68.8 cm³/mol. The molecular weight excluding hydrogens is 268 g/mol. The molecular formula is C12H17BrN2O. The summed E-state index contributed by atoms with van der Waals surface area (Å²) >= 11 is 3.55. The molecule has 1 unspecified atom stereocenters. The molecule has 2 rings (SSSR count). The van der Waals surface area contributed by atoms with Crippen molar-refractivity contribution in [2.24, 2.45) is 0 Å². The Morgan fingerprint density at radius 1 is 1.56 bits per heavy atom. The van der Waals surface area contributed by atoms with Crippen molar-refractivity contribution in [3.05, 3.63) is 22.8 Å². The molecule has 0 aliphatic carbocycles. The summed E-state index contributed by atoms with van der Waals surface area (Å²) in [5.74, 6) is 1.02. The summed E-state index contributed by atoms with van der Waals surface area (Å²) < 4.78 is 6.64. The van der Waals surface area contributed by atoms with E-state index in [1.807, 2.05) is 18.3 Å². The summed E-state index contributed by atoms with van der Waals surface area (Å²) in [6.07, 6.45) is 4.09. The Balaban J connectivity index is 2.19. The third-order valence-corrected chi connectivity index (χ3v) is 3.81. The van der Waals surface area contributed by atoms with Gasteiger partial charge in [0.05, 0.1) is 10.1 Å². The summed E-state index contributed by atoms with van der Waals surface area (Å²) in [7, 11) is 1.79. The molecule has 0 N–H and O–H groups in total. The highest BCUT2D eigenvalue weighted by Gasteiger charge is 2.31. The van der Waals surface area contributed by atoms with Gasteiger partial charge >= 0.3 is 0 Å². The van der Waals surface area contributed by atoms with Crippen LogP contribution in [0.15, 0.2) is 22.8 Å². The van der Waals surface area contributed by atoms with Crippen LogP contribution in [0.3, 0.4) is 0 Å². The highest BCUT2D eigenvalue weighted by molar-refractivity contribution is 9.10. The smallest absolute Gasteiger partial charge is 0.142 e. The van der Waals surface area contributed by atoms with Crippen LogP contribution in [0.5, 0.6) is 0 Å². The summed E-state index contributed by atoms with van der Waals surface area (Å²) in [4.78, 5) is 6.71. The molecule has 0 amide bonds. The molecule has 0 bridgehead atoms. The molecule has 1 aliphatic rings. The quantitative estimate of drug-likeness (QED) is 0.835. The minimum absolute atomic E-state index is 0.0464. The number of nitrogens with zero attached hydrogens (tertiary/aromatic N) is 2. The lowest BCUT2D eigenvalue weighted by atomic mass is 9.95. The Bertz CT molecular complexity index is 372. The van der Waals surface area contributed by atoms with Crippen molar-refractivity contribution in [3.63, 3.8) is 0 Å². The van der Waals surface area contributed by atoms with Gasteiger partial charge in [0.15, 0.2) is 0 Å². The molecule has 1 aliphatic heterocycles. The number of hydrogen-bond donors (Lipinski definition) is 0. The number of anilines is 1. The van der Waals surface area contributed by atoms with E-state index in [2.05, 4.69) is 32.7 Å². The van der Waals surface area contributed by atoms with Gasteiger partial charge < -0.3 is 9.64 Å². The first kappa shape index (κ1) is 11.9. The number of pyridine rings is 1. The molecule has 1 aromatic heterocycles. The van der Waals surface area contributed by atoms with Crippen molar-refractivity contribution in [3.8, 4) is 0 Å². The summed E-state index contributed by atoms with van der Waals surface area (Å²) in [5, 5.41) is 0. The van der Waals surface area contributed by atoms with E-state index in [0.29, 0.717) is 0 Å². The number of methoxy groups -OCH3 is 1. The highest BCUT2D eigenvalue weighted by Crippen LogP contribution is 2.30. The summed E-state index contributed by atoms with van der Waals surface area (Å²) in [6.45, 7) is 4.11. The predicted octanol–water partition coefficient (Wildman–Crippen LogP) is 2.85. The Morgan fingerprint density at radius 2 is 2.38 bits per heavy atom. The normalized spacial score (nSPS) is 25.8. The third-order valence-electron chi connectivity index (χ3n) is 3.19. The first-order valence-corrected chi connectivity index (χ1v) is 6.34. The topological polar surface area (TPSA) is 25.4 Å². The second-order valence-electron chi connectivity index (χ2n) is 4.49. The lowest BCUT2D eigenvalue weighted by molar-refractivity contribution is -0.00484. The monoisotopic (exact) mass is 284 g/mol. The van der Waals surface area contributed by atoms with Crippen LogP contribution in [0.1, 0.15) is 19.8 Å². The molecule has 3 nitrogen and oxygen atoms in total. The minimum Gasteiger partial charge on any atom is -0.377 e. The molecule has 16 heavy (non-hydrogen) atoms. The lowest BCUT2D eigenvalue weighted by Gasteiger charge is -2.40. The Morgan fingerprint density at radius 3 is 3.06 bits per heavy atom. The molecule has 0 spiro atoms. The zero-order valence-electron chi connectivity index (χ0n) is 9.74. The van der Waals surface area contributed by atoms with Gasteiger partial charge in [-0.3, -0.25) is 0 Å². The van der Waals surface area contributed by atoms with E-state index in [9.17, 15) is 0 Å². The van der Waals surface area contributed by atoms with Crippen molar-refractivity contribution in [2.45, 2.75) is 25.4 Å². The molecule has 1 atom stereocenters. The number of hydrogen-bond acceptors (Lipinski definition) is 3. The van der Waals surface area contributed by atoms with E-state index < -0.39 is 0 Å².